The van der Waals surface area contributed by atoms with Crippen LogP contribution in [0.5, 0.6) is 5.75 Å². The quantitative estimate of drug-likeness (QED) is 0.804. The molecule has 21 heavy (non-hydrogen) atoms. The zero-order valence-corrected chi connectivity index (χ0v) is 13.4. The molecule has 2 rings (SSSR count). The van der Waals surface area contributed by atoms with Gasteiger partial charge in [-0.2, -0.15) is 0 Å². The third-order valence-corrected chi connectivity index (χ3v) is 3.87. The first kappa shape index (κ1) is 16.2. The molecule has 0 bridgehead atoms. The Hall–Kier alpha value is -1.22. The lowest BCUT2D eigenvalue weighted by Gasteiger charge is -2.13. The number of ether oxygens (including phenoxy) is 1. The Morgan fingerprint density at radius 2 is 1.90 bits per heavy atom. The molecular weight excluding hydrogens is 307 g/mol. The molecule has 1 atom stereocenters. The van der Waals surface area contributed by atoms with Gasteiger partial charge in [0, 0.05) is 6.42 Å². The molecule has 0 aliphatic heterocycles. The topological polar surface area (TPSA) is 29.5 Å². The van der Waals surface area contributed by atoms with E-state index in [4.69, 9.17) is 27.9 Å². The first-order valence-electron chi connectivity index (χ1n) is 6.95. The van der Waals surface area contributed by atoms with Crippen LogP contribution < -0.4 is 4.74 Å². The van der Waals surface area contributed by atoms with Gasteiger partial charge < -0.3 is 9.84 Å². The number of hydrogen-bond donors (Lipinski definition) is 1. The van der Waals surface area contributed by atoms with Crippen molar-refractivity contribution in [2.75, 3.05) is 6.61 Å². The van der Waals surface area contributed by atoms with Gasteiger partial charge in [0.15, 0.2) is 0 Å². The van der Waals surface area contributed by atoms with Crippen molar-refractivity contribution < 1.29 is 9.84 Å². The predicted octanol–water partition coefficient (Wildman–Crippen LogP) is 5.06. The van der Waals surface area contributed by atoms with E-state index < -0.39 is 6.10 Å². The minimum atomic E-state index is -0.604. The standard InChI is InChI=1S/C17H18Cl2O2/c1-2-8-21-14-5-3-4-13(11-14)17(20)10-12-6-7-15(18)16(19)9-12/h3-7,9,11,17,20H,2,8,10H2,1H3. The van der Waals surface area contributed by atoms with Crippen LogP contribution in [0.1, 0.15) is 30.6 Å². The summed E-state index contributed by atoms with van der Waals surface area (Å²) in [6.45, 7) is 2.73. The summed E-state index contributed by atoms with van der Waals surface area (Å²) >= 11 is 11.9. The van der Waals surface area contributed by atoms with Crippen molar-refractivity contribution in [2.45, 2.75) is 25.9 Å². The summed E-state index contributed by atoms with van der Waals surface area (Å²) in [5.41, 5.74) is 1.77. The third-order valence-electron chi connectivity index (χ3n) is 3.13. The lowest BCUT2D eigenvalue weighted by molar-refractivity contribution is 0.178. The molecule has 2 aromatic carbocycles. The van der Waals surface area contributed by atoms with Gasteiger partial charge in [-0.05, 0) is 41.8 Å². The maximum atomic E-state index is 10.4. The molecule has 0 saturated carbocycles. The summed E-state index contributed by atoms with van der Waals surface area (Å²) in [4.78, 5) is 0. The Kier molecular flexibility index (Phi) is 5.92. The van der Waals surface area contributed by atoms with E-state index in [1.807, 2.05) is 30.3 Å². The van der Waals surface area contributed by atoms with Crippen molar-refractivity contribution in [3.63, 3.8) is 0 Å². The van der Waals surface area contributed by atoms with Crippen molar-refractivity contribution in [2.24, 2.45) is 0 Å². The molecule has 0 saturated heterocycles. The molecule has 0 aliphatic carbocycles. The van der Waals surface area contributed by atoms with Crippen molar-refractivity contribution in [1.29, 1.82) is 0 Å². The molecule has 0 fully saturated rings. The Balaban J connectivity index is 2.08. The average Bonchev–Trinajstić information content (AvgIpc) is 2.49. The molecule has 0 aromatic heterocycles. The zero-order chi connectivity index (χ0) is 15.2. The van der Waals surface area contributed by atoms with E-state index in [-0.39, 0.29) is 0 Å². The fourth-order valence-electron chi connectivity index (χ4n) is 2.04. The van der Waals surface area contributed by atoms with Gasteiger partial charge in [-0.1, -0.05) is 48.3 Å². The molecular formula is C17H18Cl2O2. The van der Waals surface area contributed by atoms with E-state index in [0.29, 0.717) is 23.1 Å². The maximum absolute atomic E-state index is 10.4. The van der Waals surface area contributed by atoms with Crippen LogP contribution in [0.2, 0.25) is 10.0 Å². The first-order chi connectivity index (χ1) is 10.1. The SMILES string of the molecule is CCCOc1cccc(C(O)Cc2ccc(Cl)c(Cl)c2)c1. The molecule has 1 unspecified atom stereocenters. The number of halogens is 2. The van der Waals surface area contributed by atoms with Crippen molar-refractivity contribution in [1.82, 2.24) is 0 Å². The van der Waals surface area contributed by atoms with Gasteiger partial charge in [0.2, 0.25) is 0 Å². The molecule has 112 valence electrons. The van der Waals surface area contributed by atoms with E-state index >= 15 is 0 Å². The fraction of sp³-hybridized carbons (Fsp3) is 0.294. The summed E-state index contributed by atoms with van der Waals surface area (Å²) in [6.07, 6.45) is 0.830. The summed E-state index contributed by atoms with van der Waals surface area (Å²) in [7, 11) is 0. The second kappa shape index (κ2) is 7.69. The van der Waals surface area contributed by atoms with Crippen LogP contribution >= 0.6 is 23.2 Å². The van der Waals surface area contributed by atoms with Crippen molar-refractivity contribution >= 4 is 23.2 Å². The van der Waals surface area contributed by atoms with E-state index in [9.17, 15) is 5.11 Å². The predicted molar refractivity (Wildman–Crippen MR) is 87.4 cm³/mol. The van der Waals surface area contributed by atoms with E-state index in [1.165, 1.54) is 0 Å². The molecule has 0 spiro atoms. The Bertz CT molecular complexity index is 599. The molecule has 0 aliphatic rings. The monoisotopic (exact) mass is 324 g/mol. The van der Waals surface area contributed by atoms with Crippen LogP contribution in [-0.4, -0.2) is 11.7 Å². The van der Waals surface area contributed by atoms with E-state index in [2.05, 4.69) is 6.92 Å². The van der Waals surface area contributed by atoms with E-state index in [0.717, 1.165) is 23.3 Å². The number of hydrogen-bond acceptors (Lipinski definition) is 2. The molecule has 2 nitrogen and oxygen atoms in total. The molecule has 4 heteroatoms. The largest absolute Gasteiger partial charge is 0.494 e. The Morgan fingerprint density at radius 3 is 2.62 bits per heavy atom. The lowest BCUT2D eigenvalue weighted by atomic mass is 10.0. The zero-order valence-electron chi connectivity index (χ0n) is 11.9. The fourth-order valence-corrected chi connectivity index (χ4v) is 2.36. The van der Waals surface area contributed by atoms with Crippen LogP contribution in [0.3, 0.4) is 0 Å². The normalized spacial score (nSPS) is 12.2. The molecule has 2 aromatic rings. The highest BCUT2D eigenvalue weighted by Crippen LogP contribution is 2.27. The molecule has 1 N–H and O–H groups in total. The number of aliphatic hydroxyl groups is 1. The average molecular weight is 325 g/mol. The Morgan fingerprint density at radius 1 is 1.10 bits per heavy atom. The van der Waals surface area contributed by atoms with Crippen molar-refractivity contribution in [3.8, 4) is 5.75 Å². The highest BCUT2D eigenvalue weighted by molar-refractivity contribution is 6.42. The van der Waals surface area contributed by atoms with Crippen LogP contribution in [0.25, 0.3) is 0 Å². The summed E-state index contributed by atoms with van der Waals surface area (Å²) < 4.78 is 5.58. The van der Waals surface area contributed by atoms with Crippen LogP contribution in [0, 0.1) is 0 Å². The van der Waals surface area contributed by atoms with Crippen molar-refractivity contribution in [3.05, 3.63) is 63.6 Å². The van der Waals surface area contributed by atoms with Crippen LogP contribution in [0.15, 0.2) is 42.5 Å². The first-order valence-corrected chi connectivity index (χ1v) is 7.70. The van der Waals surface area contributed by atoms with Gasteiger partial charge in [-0.15, -0.1) is 0 Å². The van der Waals surface area contributed by atoms with E-state index in [1.54, 1.807) is 12.1 Å². The van der Waals surface area contributed by atoms with Gasteiger partial charge in [0.05, 0.1) is 22.8 Å². The maximum Gasteiger partial charge on any atom is 0.119 e. The highest BCUT2D eigenvalue weighted by atomic mass is 35.5. The van der Waals surface area contributed by atoms with Gasteiger partial charge in [0.25, 0.3) is 0 Å². The smallest absolute Gasteiger partial charge is 0.119 e. The van der Waals surface area contributed by atoms with Crippen LogP contribution in [-0.2, 0) is 6.42 Å². The molecule has 0 heterocycles. The number of rotatable bonds is 6. The van der Waals surface area contributed by atoms with Crippen LogP contribution in [0.4, 0.5) is 0 Å². The van der Waals surface area contributed by atoms with Gasteiger partial charge in [-0.25, -0.2) is 0 Å². The lowest BCUT2D eigenvalue weighted by Crippen LogP contribution is -2.03. The molecule has 0 radical (unpaired) electrons. The highest BCUT2D eigenvalue weighted by Gasteiger charge is 2.10. The number of aliphatic hydroxyl groups excluding tert-OH is 1. The summed E-state index contributed by atoms with van der Waals surface area (Å²) in [5.74, 6) is 0.780. The second-order valence-corrected chi connectivity index (χ2v) is 5.70. The summed E-state index contributed by atoms with van der Waals surface area (Å²) in [6, 6.07) is 12.9. The second-order valence-electron chi connectivity index (χ2n) is 4.89. The van der Waals surface area contributed by atoms with Gasteiger partial charge in [0.1, 0.15) is 5.75 Å². The Labute approximate surface area is 135 Å². The summed E-state index contributed by atoms with van der Waals surface area (Å²) in [5, 5.41) is 11.4. The minimum Gasteiger partial charge on any atom is -0.494 e. The minimum absolute atomic E-state index is 0.480. The van der Waals surface area contributed by atoms with Gasteiger partial charge >= 0.3 is 0 Å². The molecule has 0 amide bonds. The van der Waals surface area contributed by atoms with Gasteiger partial charge in [-0.3, -0.25) is 0 Å². The third kappa shape index (κ3) is 4.63. The number of benzene rings is 2.